The van der Waals surface area contributed by atoms with E-state index < -0.39 is 0 Å². The first-order chi connectivity index (χ1) is 18.4. The fourth-order valence-electron chi connectivity index (χ4n) is 4.49. The first-order valence-electron chi connectivity index (χ1n) is 14.1. The van der Waals surface area contributed by atoms with Crippen LogP contribution in [0.3, 0.4) is 0 Å². The summed E-state index contributed by atoms with van der Waals surface area (Å²) >= 11 is 0. The van der Waals surface area contributed by atoms with Gasteiger partial charge in [0, 0.05) is 12.0 Å². The van der Waals surface area contributed by atoms with Gasteiger partial charge in [-0.2, -0.15) is 0 Å². The fraction of sp³-hybridized carbons (Fsp3) is 0.361. The van der Waals surface area contributed by atoms with Crippen LogP contribution in [0.1, 0.15) is 83.6 Å². The molecule has 0 fully saturated rings. The molecule has 0 spiro atoms. The molecule has 0 radical (unpaired) electrons. The van der Waals surface area contributed by atoms with Crippen molar-refractivity contribution < 1.29 is 0 Å². The molecule has 38 heavy (non-hydrogen) atoms. The van der Waals surface area contributed by atoms with Crippen molar-refractivity contribution in [2.24, 2.45) is 16.6 Å². The largest absolute Gasteiger partial charge is 0.333 e. The third-order valence-electron chi connectivity index (χ3n) is 6.40. The minimum atomic E-state index is 0.405. The molecule has 0 saturated heterocycles. The molecule has 3 aromatic rings. The lowest BCUT2D eigenvalue weighted by molar-refractivity contribution is 0.782. The number of nitrogens with two attached hydrogens (primary N) is 1. The molecule has 0 aromatic heterocycles. The van der Waals surface area contributed by atoms with Crippen LogP contribution in [0.25, 0.3) is 10.8 Å². The van der Waals surface area contributed by atoms with E-state index in [1.54, 1.807) is 0 Å². The van der Waals surface area contributed by atoms with E-state index in [0.29, 0.717) is 11.8 Å². The van der Waals surface area contributed by atoms with Crippen LogP contribution in [0.15, 0.2) is 102 Å². The van der Waals surface area contributed by atoms with Gasteiger partial charge in [-0.1, -0.05) is 128 Å². The molecule has 4 rings (SSSR count). The van der Waals surface area contributed by atoms with E-state index in [4.69, 9.17) is 4.99 Å². The van der Waals surface area contributed by atoms with Crippen molar-refractivity contribution >= 4 is 16.5 Å². The van der Waals surface area contributed by atoms with Crippen molar-refractivity contribution in [3.63, 3.8) is 0 Å². The van der Waals surface area contributed by atoms with Crippen molar-refractivity contribution in [1.29, 1.82) is 0 Å². The molecular weight excluding hydrogens is 460 g/mol. The monoisotopic (exact) mass is 510 g/mol. The molecule has 204 valence electrons. The van der Waals surface area contributed by atoms with E-state index in [-0.39, 0.29) is 0 Å². The topological polar surface area (TPSA) is 38.4 Å². The van der Waals surface area contributed by atoms with Gasteiger partial charge in [-0.05, 0) is 71.3 Å². The summed E-state index contributed by atoms with van der Waals surface area (Å²) in [5.74, 6) is 1.06. The molecule has 0 amide bonds. The molecule has 0 atom stereocenters. The molecule has 0 unspecified atom stereocenters. The Morgan fingerprint density at radius 2 is 1.61 bits per heavy atom. The predicted molar refractivity (Wildman–Crippen MR) is 172 cm³/mol. The molecule has 2 nitrogen and oxygen atoms in total. The number of aryl methyl sites for hydroxylation is 1. The Kier molecular flexibility index (Phi) is 14.9. The molecule has 0 aliphatic heterocycles. The smallest absolute Gasteiger partial charge is 0.0664 e. The molecule has 0 bridgehead atoms. The molecule has 2 heteroatoms. The van der Waals surface area contributed by atoms with Gasteiger partial charge >= 0.3 is 0 Å². The highest BCUT2D eigenvalue weighted by atomic mass is 14.8. The second-order valence-corrected chi connectivity index (χ2v) is 9.51. The zero-order chi connectivity index (χ0) is 28.7. The highest BCUT2D eigenvalue weighted by Gasteiger charge is 2.20. The number of hydrogen-bond acceptors (Lipinski definition) is 2. The van der Waals surface area contributed by atoms with Gasteiger partial charge in [0.1, 0.15) is 0 Å². The lowest BCUT2D eigenvalue weighted by Crippen LogP contribution is -2.01. The number of hydrogen-bond donors (Lipinski definition) is 1. The molecule has 2 N–H and O–H groups in total. The standard InChI is InChI=1S/C22H23N.C11H16.C2H6.CH5N/c1-5-9-20(18(6-2)15(3)4)23-21-14-17-12-7-10-16-11-8-13-19(21)22(16)17;1-4-10-6-5-7-11(8-10)9(2)3;2*1-2/h5-13,15H,2,14H2,1,3-4H3;5-9H,4H2,1-3H3;1-2H3;2H2,1H3/b9-5-,20-18-,23-21?;;;. The van der Waals surface area contributed by atoms with E-state index in [0.717, 1.165) is 24.3 Å². The second-order valence-electron chi connectivity index (χ2n) is 9.51. The average molecular weight is 511 g/mol. The minimum absolute atomic E-state index is 0.405. The lowest BCUT2D eigenvalue weighted by atomic mass is 10.0. The van der Waals surface area contributed by atoms with E-state index in [1.165, 1.54) is 45.6 Å². The average Bonchev–Trinajstić information content (AvgIpc) is 3.30. The number of aliphatic imine (C=N–C) groups is 1. The number of allylic oxidation sites excluding steroid dienone is 4. The summed E-state index contributed by atoms with van der Waals surface area (Å²) in [5.41, 5.74) is 13.4. The van der Waals surface area contributed by atoms with Gasteiger partial charge in [0.25, 0.3) is 0 Å². The summed E-state index contributed by atoms with van der Waals surface area (Å²) in [5, 5.41) is 2.66. The van der Waals surface area contributed by atoms with Gasteiger partial charge in [-0.3, -0.25) is 4.99 Å². The molecule has 0 saturated carbocycles. The van der Waals surface area contributed by atoms with Crippen molar-refractivity contribution in [1.82, 2.24) is 0 Å². The Labute approximate surface area is 233 Å². The Morgan fingerprint density at radius 3 is 2.16 bits per heavy atom. The van der Waals surface area contributed by atoms with Crippen LogP contribution >= 0.6 is 0 Å². The Balaban J connectivity index is 0.000000405. The predicted octanol–water partition coefficient (Wildman–Crippen LogP) is 9.83. The van der Waals surface area contributed by atoms with E-state index in [2.05, 4.69) is 114 Å². The van der Waals surface area contributed by atoms with E-state index in [1.807, 2.05) is 32.9 Å². The quantitative estimate of drug-likeness (QED) is 0.329. The van der Waals surface area contributed by atoms with Crippen LogP contribution in [-0.2, 0) is 12.8 Å². The number of nitrogens with zero attached hydrogens (tertiary/aromatic N) is 1. The number of benzene rings is 3. The van der Waals surface area contributed by atoms with Crippen molar-refractivity contribution in [2.45, 2.75) is 74.1 Å². The fourth-order valence-corrected chi connectivity index (χ4v) is 4.49. The second kappa shape index (κ2) is 17.3. The third kappa shape index (κ3) is 8.67. The summed E-state index contributed by atoms with van der Waals surface area (Å²) in [4.78, 5) is 5.04. The normalized spacial score (nSPS) is 13.4. The summed E-state index contributed by atoms with van der Waals surface area (Å²) in [6.07, 6.45) is 8.12. The van der Waals surface area contributed by atoms with Crippen molar-refractivity contribution in [3.05, 3.63) is 119 Å². The summed E-state index contributed by atoms with van der Waals surface area (Å²) in [7, 11) is 1.50. The Morgan fingerprint density at radius 1 is 0.974 bits per heavy atom. The van der Waals surface area contributed by atoms with Gasteiger partial charge in [0.2, 0.25) is 0 Å². The van der Waals surface area contributed by atoms with Crippen LogP contribution < -0.4 is 5.73 Å². The zero-order valence-electron chi connectivity index (χ0n) is 25.3. The third-order valence-corrected chi connectivity index (χ3v) is 6.40. The van der Waals surface area contributed by atoms with Gasteiger partial charge in [0.05, 0.1) is 11.4 Å². The molecular formula is C36H50N2. The van der Waals surface area contributed by atoms with Gasteiger partial charge < -0.3 is 5.73 Å². The maximum Gasteiger partial charge on any atom is 0.0664 e. The van der Waals surface area contributed by atoms with Crippen molar-refractivity contribution in [2.75, 3.05) is 7.05 Å². The van der Waals surface area contributed by atoms with E-state index >= 15 is 0 Å². The van der Waals surface area contributed by atoms with Gasteiger partial charge in [-0.25, -0.2) is 0 Å². The summed E-state index contributed by atoms with van der Waals surface area (Å²) < 4.78 is 0. The van der Waals surface area contributed by atoms with Crippen LogP contribution in [-0.4, -0.2) is 12.8 Å². The van der Waals surface area contributed by atoms with Crippen LogP contribution in [0.4, 0.5) is 0 Å². The minimum Gasteiger partial charge on any atom is -0.333 e. The number of rotatable bonds is 6. The van der Waals surface area contributed by atoms with Gasteiger partial charge in [-0.15, -0.1) is 0 Å². The molecule has 1 aliphatic carbocycles. The van der Waals surface area contributed by atoms with E-state index in [9.17, 15) is 0 Å². The van der Waals surface area contributed by atoms with Crippen LogP contribution in [0.2, 0.25) is 0 Å². The zero-order valence-corrected chi connectivity index (χ0v) is 25.3. The molecule has 3 aromatic carbocycles. The first kappa shape index (κ1) is 32.8. The van der Waals surface area contributed by atoms with Gasteiger partial charge in [0.15, 0.2) is 0 Å². The Bertz CT molecular complexity index is 1230. The maximum absolute atomic E-state index is 5.04. The highest BCUT2D eigenvalue weighted by molar-refractivity contribution is 6.18. The molecule has 1 aliphatic rings. The summed E-state index contributed by atoms with van der Waals surface area (Å²) in [6.45, 7) is 21.0. The van der Waals surface area contributed by atoms with Crippen LogP contribution in [0.5, 0.6) is 0 Å². The SMILES string of the molecule is C=C/C(=C(\C=C/C)N=C1Cc2cccc3cccc1c23)C(C)C.CC.CCc1cccc(C(C)C)c1.CN. The first-order valence-corrected chi connectivity index (χ1v) is 14.1. The van der Waals surface area contributed by atoms with Crippen LogP contribution in [0, 0.1) is 5.92 Å². The Hall–Kier alpha value is -3.23. The van der Waals surface area contributed by atoms with Crippen molar-refractivity contribution in [3.8, 4) is 0 Å². The molecule has 0 heterocycles. The maximum atomic E-state index is 5.04. The highest BCUT2D eigenvalue weighted by Crippen LogP contribution is 2.32. The summed E-state index contributed by atoms with van der Waals surface area (Å²) in [6, 6.07) is 21.8. The lowest BCUT2D eigenvalue weighted by Gasteiger charge is -2.10.